The first kappa shape index (κ1) is 14.5. The van der Waals surface area contributed by atoms with Crippen molar-refractivity contribution in [2.75, 3.05) is 0 Å². The Hall–Kier alpha value is -1.39. The molecule has 1 aliphatic rings. The number of benzene rings is 1. The van der Waals surface area contributed by atoms with Crippen molar-refractivity contribution in [2.24, 2.45) is 0 Å². The van der Waals surface area contributed by atoms with Crippen LogP contribution in [0.5, 0.6) is 0 Å². The zero-order valence-corrected chi connectivity index (χ0v) is 13.0. The summed E-state index contributed by atoms with van der Waals surface area (Å²) in [6, 6.07) is 5.11. The van der Waals surface area contributed by atoms with Gasteiger partial charge in [-0.3, -0.25) is 4.68 Å². The van der Waals surface area contributed by atoms with Crippen LogP contribution in [0.25, 0.3) is 0 Å². The number of hydrogen-bond acceptors (Lipinski definition) is 2. The lowest BCUT2D eigenvalue weighted by molar-refractivity contribution is 0.615. The van der Waals surface area contributed by atoms with Gasteiger partial charge in [-0.25, -0.2) is 4.39 Å². The minimum Gasteiger partial charge on any atom is -0.310 e. The van der Waals surface area contributed by atoms with E-state index in [0.717, 1.165) is 23.5 Å². The van der Waals surface area contributed by atoms with Crippen LogP contribution in [0.3, 0.4) is 0 Å². The number of rotatable bonds is 5. The van der Waals surface area contributed by atoms with Crippen molar-refractivity contribution in [3.05, 3.63) is 51.6 Å². The highest BCUT2D eigenvalue weighted by Gasteiger charge is 2.21. The molecule has 0 radical (unpaired) electrons. The predicted octanol–water partition coefficient (Wildman–Crippen LogP) is 3.59. The van der Waals surface area contributed by atoms with Crippen LogP contribution < -0.4 is 5.32 Å². The second kappa shape index (κ2) is 5.78. The molecule has 1 N–H and O–H groups in total. The van der Waals surface area contributed by atoms with Crippen molar-refractivity contribution in [3.8, 4) is 0 Å². The third kappa shape index (κ3) is 3.27. The van der Waals surface area contributed by atoms with E-state index in [1.54, 1.807) is 6.07 Å². The minimum atomic E-state index is -0.272. The van der Waals surface area contributed by atoms with E-state index >= 15 is 0 Å². The minimum absolute atomic E-state index is 0.272. The summed E-state index contributed by atoms with van der Waals surface area (Å²) in [5, 5.41) is 8.65. The molecule has 1 aromatic heterocycles. The normalized spacial score (nSPS) is 14.7. The highest BCUT2D eigenvalue weighted by Crippen LogP contribution is 2.23. The fourth-order valence-electron chi connectivity index (χ4n) is 2.50. The van der Waals surface area contributed by atoms with Gasteiger partial charge in [0.25, 0.3) is 0 Å². The smallest absolute Gasteiger partial charge is 0.123 e. The molecule has 21 heavy (non-hydrogen) atoms. The second-order valence-electron chi connectivity index (χ2n) is 5.70. The standard InChI is InChI=1S/C16H19ClFN3/c1-10-15(8-19-14-4-5-14)11(2)21(20-10)9-12-7-13(18)3-6-16(12)17/h3,6-7,14,19H,4-5,8-9H2,1-2H3. The van der Waals surface area contributed by atoms with E-state index in [1.807, 2.05) is 11.6 Å². The van der Waals surface area contributed by atoms with Crippen LogP contribution in [0.1, 0.15) is 35.4 Å². The van der Waals surface area contributed by atoms with Crippen LogP contribution in [0.15, 0.2) is 18.2 Å². The van der Waals surface area contributed by atoms with Gasteiger partial charge in [-0.15, -0.1) is 0 Å². The molecule has 0 amide bonds. The van der Waals surface area contributed by atoms with E-state index in [4.69, 9.17) is 11.6 Å². The van der Waals surface area contributed by atoms with Crippen LogP contribution in [-0.2, 0) is 13.1 Å². The van der Waals surface area contributed by atoms with Crippen LogP contribution in [0, 0.1) is 19.7 Å². The summed E-state index contributed by atoms with van der Waals surface area (Å²) in [6.45, 7) is 5.41. The summed E-state index contributed by atoms with van der Waals surface area (Å²) < 4.78 is 15.3. The topological polar surface area (TPSA) is 29.9 Å². The van der Waals surface area contributed by atoms with Crippen molar-refractivity contribution in [1.29, 1.82) is 0 Å². The average molecular weight is 308 g/mol. The number of halogens is 2. The molecular formula is C16H19ClFN3. The summed E-state index contributed by atoms with van der Waals surface area (Å²) in [5.41, 5.74) is 4.12. The van der Waals surface area contributed by atoms with Gasteiger partial charge in [0.2, 0.25) is 0 Å². The first-order chi connectivity index (χ1) is 10.0. The van der Waals surface area contributed by atoms with Gasteiger partial charge in [0.15, 0.2) is 0 Å². The molecule has 112 valence electrons. The Morgan fingerprint density at radius 3 is 2.86 bits per heavy atom. The molecule has 1 aromatic carbocycles. The number of nitrogens with one attached hydrogen (secondary N) is 1. The second-order valence-corrected chi connectivity index (χ2v) is 6.11. The van der Waals surface area contributed by atoms with Crippen LogP contribution in [-0.4, -0.2) is 15.8 Å². The van der Waals surface area contributed by atoms with Crippen LogP contribution >= 0.6 is 11.6 Å². The fraction of sp³-hybridized carbons (Fsp3) is 0.438. The van der Waals surface area contributed by atoms with Gasteiger partial charge in [-0.05, 0) is 50.5 Å². The van der Waals surface area contributed by atoms with Crippen molar-refractivity contribution in [3.63, 3.8) is 0 Å². The SMILES string of the molecule is Cc1nn(Cc2cc(F)ccc2Cl)c(C)c1CNC1CC1. The lowest BCUT2D eigenvalue weighted by Gasteiger charge is -2.08. The summed E-state index contributed by atoms with van der Waals surface area (Å²) >= 11 is 6.14. The van der Waals surface area contributed by atoms with Crippen LogP contribution in [0.2, 0.25) is 5.02 Å². The van der Waals surface area contributed by atoms with E-state index in [1.165, 1.54) is 30.5 Å². The van der Waals surface area contributed by atoms with Gasteiger partial charge >= 0.3 is 0 Å². The molecule has 0 unspecified atom stereocenters. The molecule has 1 aliphatic carbocycles. The van der Waals surface area contributed by atoms with Gasteiger partial charge in [-0.2, -0.15) is 5.10 Å². The van der Waals surface area contributed by atoms with Gasteiger partial charge in [0, 0.05) is 28.9 Å². The number of aryl methyl sites for hydroxylation is 1. The lowest BCUT2D eigenvalue weighted by atomic mass is 10.2. The monoisotopic (exact) mass is 307 g/mol. The molecular weight excluding hydrogens is 289 g/mol. The van der Waals surface area contributed by atoms with Crippen molar-refractivity contribution in [2.45, 2.75) is 45.8 Å². The molecule has 3 rings (SSSR count). The molecule has 1 fully saturated rings. The van der Waals surface area contributed by atoms with Crippen molar-refractivity contribution < 1.29 is 4.39 Å². The molecule has 0 saturated heterocycles. The maximum absolute atomic E-state index is 13.4. The summed E-state index contributed by atoms with van der Waals surface area (Å²) in [4.78, 5) is 0. The molecule has 1 heterocycles. The fourth-order valence-corrected chi connectivity index (χ4v) is 2.68. The zero-order chi connectivity index (χ0) is 15.0. The quantitative estimate of drug-likeness (QED) is 0.915. The van der Waals surface area contributed by atoms with Gasteiger partial charge in [0.1, 0.15) is 5.82 Å². The zero-order valence-electron chi connectivity index (χ0n) is 12.3. The van der Waals surface area contributed by atoms with E-state index in [-0.39, 0.29) is 5.82 Å². The maximum Gasteiger partial charge on any atom is 0.123 e. The van der Waals surface area contributed by atoms with Gasteiger partial charge in [-0.1, -0.05) is 11.6 Å². The van der Waals surface area contributed by atoms with Gasteiger partial charge in [0.05, 0.1) is 12.2 Å². The molecule has 0 aliphatic heterocycles. The maximum atomic E-state index is 13.4. The van der Waals surface area contributed by atoms with E-state index < -0.39 is 0 Å². The molecule has 2 aromatic rings. The Kier molecular flexibility index (Phi) is 4.00. The van der Waals surface area contributed by atoms with Crippen LogP contribution in [0.4, 0.5) is 4.39 Å². The molecule has 1 saturated carbocycles. The molecule has 5 heteroatoms. The first-order valence-electron chi connectivity index (χ1n) is 7.25. The van der Waals surface area contributed by atoms with E-state index in [0.29, 0.717) is 17.6 Å². The summed E-state index contributed by atoms with van der Waals surface area (Å²) in [6.07, 6.45) is 2.54. The summed E-state index contributed by atoms with van der Waals surface area (Å²) in [5.74, 6) is -0.272. The first-order valence-corrected chi connectivity index (χ1v) is 7.62. The lowest BCUT2D eigenvalue weighted by Crippen LogP contribution is -2.16. The van der Waals surface area contributed by atoms with E-state index in [2.05, 4.69) is 17.3 Å². The third-order valence-corrected chi connectivity index (χ3v) is 4.37. The Morgan fingerprint density at radius 2 is 2.14 bits per heavy atom. The van der Waals surface area contributed by atoms with E-state index in [9.17, 15) is 4.39 Å². The summed E-state index contributed by atoms with van der Waals surface area (Å²) in [7, 11) is 0. The molecule has 3 nitrogen and oxygen atoms in total. The predicted molar refractivity (Wildman–Crippen MR) is 82.1 cm³/mol. The number of nitrogens with zero attached hydrogens (tertiary/aromatic N) is 2. The van der Waals surface area contributed by atoms with Crippen molar-refractivity contribution in [1.82, 2.24) is 15.1 Å². The van der Waals surface area contributed by atoms with Crippen molar-refractivity contribution >= 4 is 11.6 Å². The average Bonchev–Trinajstić information content (AvgIpc) is 3.22. The highest BCUT2D eigenvalue weighted by molar-refractivity contribution is 6.31. The Bertz CT molecular complexity index is 662. The molecule has 0 bridgehead atoms. The Morgan fingerprint density at radius 1 is 1.38 bits per heavy atom. The Balaban J connectivity index is 1.81. The van der Waals surface area contributed by atoms with Gasteiger partial charge < -0.3 is 5.32 Å². The highest BCUT2D eigenvalue weighted by atomic mass is 35.5. The number of aromatic nitrogens is 2. The molecule has 0 spiro atoms. The number of hydrogen-bond donors (Lipinski definition) is 1. The third-order valence-electron chi connectivity index (χ3n) is 4.00. The molecule has 0 atom stereocenters. The Labute approximate surface area is 129 Å². The largest absolute Gasteiger partial charge is 0.310 e.